The second kappa shape index (κ2) is 13.3. The van der Waals surface area contributed by atoms with Crippen LogP contribution >= 0.6 is 0 Å². The molecule has 0 unspecified atom stereocenters. The van der Waals surface area contributed by atoms with Gasteiger partial charge in [-0.3, -0.25) is 0 Å². The fourth-order valence-electron chi connectivity index (χ4n) is 4.83. The van der Waals surface area contributed by atoms with Gasteiger partial charge in [0, 0.05) is 12.1 Å². The molecule has 198 valence electrons. The highest BCUT2D eigenvalue weighted by molar-refractivity contribution is 6.20. The predicted molar refractivity (Wildman–Crippen MR) is 139 cm³/mol. The monoisotopic (exact) mass is 510 g/mol. The van der Waals surface area contributed by atoms with Crippen LogP contribution in [0.15, 0.2) is 36.4 Å². The third-order valence-electron chi connectivity index (χ3n) is 6.86. The Bertz CT molecular complexity index is 977. The normalized spacial score (nSPS) is 16.4. The van der Waals surface area contributed by atoms with Gasteiger partial charge in [-0.15, -0.1) is 0 Å². The molecule has 0 bridgehead atoms. The van der Waals surface area contributed by atoms with Gasteiger partial charge in [-0.05, 0) is 75.6 Å². The molecule has 0 radical (unpaired) electrons. The molecule has 0 saturated heterocycles. The molecule has 0 amide bonds. The highest BCUT2D eigenvalue weighted by atomic mass is 16.6. The van der Waals surface area contributed by atoms with Crippen molar-refractivity contribution in [2.45, 2.75) is 76.4 Å². The molecule has 0 aromatic heterocycles. The molecule has 2 aromatic carbocycles. The number of hydrogen-bond acceptors (Lipinski definition) is 8. The van der Waals surface area contributed by atoms with E-state index in [4.69, 9.17) is 28.3 Å². The van der Waals surface area contributed by atoms with E-state index >= 15 is 0 Å². The Balaban J connectivity index is 1.42. The first kappa shape index (κ1) is 26.7. The first-order chi connectivity index (χ1) is 18.1. The number of methoxy groups -OCH3 is 2. The van der Waals surface area contributed by atoms with Crippen molar-refractivity contribution >= 4 is 19.6 Å². The Labute approximate surface area is 218 Å². The lowest BCUT2D eigenvalue weighted by Crippen LogP contribution is -2.21. The van der Waals surface area contributed by atoms with Crippen LogP contribution in [0.1, 0.15) is 84.9 Å². The molecule has 8 nitrogen and oxygen atoms in total. The van der Waals surface area contributed by atoms with Crippen LogP contribution in [0.4, 0.5) is 0 Å². The Morgan fingerprint density at radius 3 is 1.43 bits per heavy atom. The maximum Gasteiger partial charge on any atom is 0.576 e. The van der Waals surface area contributed by atoms with Crippen LogP contribution < -0.4 is 18.8 Å². The number of ether oxygens (including phenoxy) is 4. The summed E-state index contributed by atoms with van der Waals surface area (Å²) in [4.78, 5) is 24.5. The van der Waals surface area contributed by atoms with Gasteiger partial charge in [0.15, 0.2) is 0 Å². The molecule has 37 heavy (non-hydrogen) atoms. The van der Waals surface area contributed by atoms with Crippen LogP contribution in [-0.4, -0.2) is 46.1 Å². The van der Waals surface area contributed by atoms with Crippen molar-refractivity contribution in [1.82, 2.24) is 0 Å². The average molecular weight is 510 g/mol. The van der Waals surface area contributed by atoms with Crippen molar-refractivity contribution in [3.63, 3.8) is 0 Å². The van der Waals surface area contributed by atoms with Gasteiger partial charge in [-0.1, -0.05) is 12.8 Å². The van der Waals surface area contributed by atoms with Crippen molar-refractivity contribution in [1.29, 1.82) is 0 Å². The summed E-state index contributed by atoms with van der Waals surface area (Å²) < 4.78 is 33.8. The minimum atomic E-state index is -0.454. The minimum Gasteiger partial charge on any atom is -0.528 e. The lowest BCUT2D eigenvalue weighted by Gasteiger charge is -2.24. The lowest BCUT2D eigenvalue weighted by atomic mass is 9.97. The zero-order valence-corrected chi connectivity index (χ0v) is 21.7. The zero-order chi connectivity index (χ0) is 26.0. The van der Waals surface area contributed by atoms with Crippen LogP contribution in [-0.2, 0) is 9.47 Å². The first-order valence-electron chi connectivity index (χ1n) is 13.1. The van der Waals surface area contributed by atoms with Gasteiger partial charge >= 0.3 is 19.6 Å². The number of carbonyl (C=O) groups excluding carboxylic acids is 2. The summed E-state index contributed by atoms with van der Waals surface area (Å²) in [5.41, 5.74) is 0.730. The number of benzene rings is 2. The quantitative estimate of drug-likeness (QED) is 0.310. The van der Waals surface area contributed by atoms with Crippen molar-refractivity contribution < 1.29 is 37.8 Å². The van der Waals surface area contributed by atoms with E-state index in [0.717, 1.165) is 51.4 Å². The predicted octanol–water partition coefficient (Wildman–Crippen LogP) is 5.41. The van der Waals surface area contributed by atoms with Crippen LogP contribution in [0.2, 0.25) is 0 Å². The molecule has 2 aliphatic rings. The largest absolute Gasteiger partial charge is 0.576 e. The third-order valence-corrected chi connectivity index (χ3v) is 6.86. The van der Waals surface area contributed by atoms with Crippen molar-refractivity contribution in [3.8, 4) is 23.0 Å². The summed E-state index contributed by atoms with van der Waals surface area (Å²) in [5.74, 6) is 0.991. The molecule has 2 aliphatic carbocycles. The molecule has 2 saturated carbocycles. The maximum atomic E-state index is 12.2. The second-order valence-corrected chi connectivity index (χ2v) is 9.46. The average Bonchev–Trinajstić information content (AvgIpc) is 2.94. The molecule has 0 aliphatic heterocycles. The molecule has 4 rings (SSSR count). The van der Waals surface area contributed by atoms with E-state index in [0.29, 0.717) is 34.1 Å². The van der Waals surface area contributed by atoms with E-state index in [1.807, 2.05) is 0 Å². The van der Waals surface area contributed by atoms with Gasteiger partial charge in [-0.25, -0.2) is 9.59 Å². The zero-order valence-electron chi connectivity index (χ0n) is 21.7. The summed E-state index contributed by atoms with van der Waals surface area (Å²) >= 11 is 0. The fourth-order valence-corrected chi connectivity index (χ4v) is 4.83. The fraction of sp³-hybridized carbons (Fsp3) is 0.500. The second-order valence-electron chi connectivity index (χ2n) is 9.46. The number of hydrogen-bond donors (Lipinski definition) is 0. The highest BCUT2D eigenvalue weighted by Gasteiger charge is 2.22. The molecular weight excluding hydrogens is 475 g/mol. The lowest BCUT2D eigenvalue weighted by molar-refractivity contribution is 0.0580. The smallest absolute Gasteiger partial charge is 0.528 e. The number of esters is 2. The summed E-state index contributed by atoms with van der Waals surface area (Å²) in [5, 5.41) is 0. The van der Waals surface area contributed by atoms with E-state index in [1.54, 1.807) is 36.4 Å². The number of rotatable bonds is 10. The standard InChI is InChI=1S/C28H35BO8/c1-32-27(30)23-15-13-21(17-25(23)34-19-9-5-3-6-10-19)36-29-37-22-14-16-24(28(31)33-2)26(18-22)35-20-11-7-4-8-12-20/h13-20,29H,3-12H2,1-2H3. The van der Waals surface area contributed by atoms with Gasteiger partial charge in [0.1, 0.15) is 34.1 Å². The van der Waals surface area contributed by atoms with Crippen LogP contribution in [0.25, 0.3) is 0 Å². The molecule has 2 aromatic rings. The van der Waals surface area contributed by atoms with Crippen molar-refractivity contribution in [2.75, 3.05) is 14.2 Å². The Kier molecular flexibility index (Phi) is 9.57. The molecule has 0 heterocycles. The molecule has 2 fully saturated rings. The van der Waals surface area contributed by atoms with E-state index in [2.05, 4.69) is 0 Å². The van der Waals surface area contributed by atoms with Crippen LogP contribution in [0, 0.1) is 0 Å². The van der Waals surface area contributed by atoms with Crippen LogP contribution in [0.3, 0.4) is 0 Å². The SMILES string of the molecule is COC(=O)c1ccc(OBOc2ccc(C(=O)OC)c(OC3CCCCC3)c2)cc1OC1CCCCC1. The summed E-state index contributed by atoms with van der Waals surface area (Å²) in [6.07, 6.45) is 10.8. The van der Waals surface area contributed by atoms with Gasteiger partial charge in [0.05, 0.1) is 26.4 Å². The number of carbonyl (C=O) groups is 2. The van der Waals surface area contributed by atoms with E-state index in [-0.39, 0.29) is 19.9 Å². The van der Waals surface area contributed by atoms with E-state index in [1.165, 1.54) is 27.1 Å². The summed E-state index contributed by atoms with van der Waals surface area (Å²) in [7, 11) is 2.62. The minimum absolute atomic E-state index is 0.0690. The topological polar surface area (TPSA) is 89.5 Å². The third kappa shape index (κ3) is 7.34. The Morgan fingerprint density at radius 2 is 1.05 bits per heavy atom. The van der Waals surface area contributed by atoms with Gasteiger partial charge in [-0.2, -0.15) is 0 Å². The molecule has 9 heteroatoms. The van der Waals surface area contributed by atoms with Crippen molar-refractivity contribution in [3.05, 3.63) is 47.5 Å². The summed E-state index contributed by atoms with van der Waals surface area (Å²) in [6, 6.07) is 10.0. The van der Waals surface area contributed by atoms with Gasteiger partial charge < -0.3 is 28.3 Å². The van der Waals surface area contributed by atoms with Gasteiger partial charge in [0.25, 0.3) is 0 Å². The van der Waals surface area contributed by atoms with E-state index < -0.39 is 11.9 Å². The molecule has 0 N–H and O–H groups in total. The first-order valence-corrected chi connectivity index (χ1v) is 13.1. The highest BCUT2D eigenvalue weighted by Crippen LogP contribution is 2.32. The maximum absolute atomic E-state index is 12.2. The molecular formula is C28H35BO8. The van der Waals surface area contributed by atoms with Crippen molar-refractivity contribution in [2.24, 2.45) is 0 Å². The Hall–Kier alpha value is -3.36. The molecule has 0 atom stereocenters. The van der Waals surface area contributed by atoms with Gasteiger partial charge in [0.2, 0.25) is 0 Å². The molecule has 0 spiro atoms. The Morgan fingerprint density at radius 1 is 0.649 bits per heavy atom. The van der Waals surface area contributed by atoms with Crippen LogP contribution in [0.5, 0.6) is 23.0 Å². The summed E-state index contributed by atoms with van der Waals surface area (Å²) in [6.45, 7) is 0. The van der Waals surface area contributed by atoms with E-state index in [9.17, 15) is 9.59 Å².